The van der Waals surface area contributed by atoms with Gasteiger partial charge in [0.15, 0.2) is 0 Å². The monoisotopic (exact) mass is 586 g/mol. The van der Waals surface area contributed by atoms with E-state index < -0.39 is 24.0 Å². The number of carboxylic acid groups (broad SMARTS) is 1. The zero-order valence-corrected chi connectivity index (χ0v) is 20.7. The van der Waals surface area contributed by atoms with Crippen molar-refractivity contribution >= 4 is 46.2 Å². The van der Waals surface area contributed by atoms with Gasteiger partial charge in [0.05, 0.1) is 5.69 Å². The largest absolute Gasteiger partial charge is 0.480 e. The second-order valence-electron chi connectivity index (χ2n) is 8.02. The van der Waals surface area contributed by atoms with Crippen molar-refractivity contribution in [3.63, 3.8) is 0 Å². The van der Waals surface area contributed by atoms with E-state index in [1.165, 1.54) is 12.1 Å². The molecule has 35 heavy (non-hydrogen) atoms. The van der Waals surface area contributed by atoms with Crippen LogP contribution in [-0.2, 0) is 9.53 Å². The lowest BCUT2D eigenvalue weighted by Gasteiger charge is -2.16. The summed E-state index contributed by atoms with van der Waals surface area (Å²) in [4.78, 5) is 36.2. The standard InChI is InChI=1S/C26H23IN2O6/c27-21-13-15(24(31)28-23(11-12-30)25(32)33)9-10-22(21)29-26(34)35-14-20-18-7-3-1-5-16(18)17-6-2-4-8-19(17)20/h1-10,13,20,23,30H,11-12,14H2,(H,28,31)(H,29,34)(H,32,33)/t23-/m1/s1. The maximum absolute atomic E-state index is 12.6. The fourth-order valence-corrected chi connectivity index (χ4v) is 4.78. The molecule has 8 nitrogen and oxygen atoms in total. The summed E-state index contributed by atoms with van der Waals surface area (Å²) in [5, 5.41) is 23.2. The van der Waals surface area contributed by atoms with Crippen LogP contribution in [0.4, 0.5) is 10.5 Å². The van der Waals surface area contributed by atoms with E-state index in [1.54, 1.807) is 6.07 Å². The van der Waals surface area contributed by atoms with Gasteiger partial charge in [-0.3, -0.25) is 10.1 Å². The number of aliphatic hydroxyl groups excluding tert-OH is 1. The molecule has 0 saturated carbocycles. The van der Waals surface area contributed by atoms with Gasteiger partial charge in [-0.25, -0.2) is 9.59 Å². The van der Waals surface area contributed by atoms with Gasteiger partial charge in [0.1, 0.15) is 12.6 Å². The number of aliphatic carboxylic acids is 1. The molecule has 1 atom stereocenters. The normalized spacial score (nSPS) is 12.9. The van der Waals surface area contributed by atoms with Crippen molar-refractivity contribution in [1.29, 1.82) is 0 Å². The molecule has 3 aromatic carbocycles. The highest BCUT2D eigenvalue weighted by atomic mass is 127. The molecule has 1 aliphatic rings. The molecule has 180 valence electrons. The van der Waals surface area contributed by atoms with Gasteiger partial charge in [-0.2, -0.15) is 0 Å². The third-order valence-electron chi connectivity index (χ3n) is 5.83. The second-order valence-corrected chi connectivity index (χ2v) is 9.18. The Balaban J connectivity index is 1.39. The first-order valence-corrected chi connectivity index (χ1v) is 12.0. The summed E-state index contributed by atoms with van der Waals surface area (Å²) >= 11 is 1.98. The van der Waals surface area contributed by atoms with E-state index in [-0.39, 0.29) is 31.1 Å². The highest BCUT2D eigenvalue weighted by molar-refractivity contribution is 14.1. The first-order valence-electron chi connectivity index (χ1n) is 10.9. The summed E-state index contributed by atoms with van der Waals surface area (Å²) in [6.07, 6.45) is -0.713. The van der Waals surface area contributed by atoms with E-state index in [2.05, 4.69) is 22.8 Å². The molecule has 3 aromatic rings. The van der Waals surface area contributed by atoms with Gasteiger partial charge in [0.2, 0.25) is 0 Å². The fourth-order valence-electron chi connectivity index (χ4n) is 4.13. The van der Waals surface area contributed by atoms with Crippen molar-refractivity contribution in [1.82, 2.24) is 5.32 Å². The van der Waals surface area contributed by atoms with Crippen molar-refractivity contribution in [3.8, 4) is 11.1 Å². The van der Waals surface area contributed by atoms with Crippen LogP contribution in [0.25, 0.3) is 11.1 Å². The molecule has 0 bridgehead atoms. The molecule has 4 N–H and O–H groups in total. The Morgan fingerprint density at radius 2 is 1.60 bits per heavy atom. The maximum Gasteiger partial charge on any atom is 0.411 e. The van der Waals surface area contributed by atoms with Crippen LogP contribution in [0, 0.1) is 3.57 Å². The van der Waals surface area contributed by atoms with Gasteiger partial charge in [-0.15, -0.1) is 0 Å². The zero-order valence-electron chi connectivity index (χ0n) is 18.5. The molecule has 1 aliphatic carbocycles. The number of hydrogen-bond acceptors (Lipinski definition) is 5. The Kier molecular flexibility index (Phi) is 7.67. The minimum atomic E-state index is -1.23. The van der Waals surface area contributed by atoms with Gasteiger partial charge in [-0.1, -0.05) is 48.5 Å². The molecule has 0 spiro atoms. The van der Waals surface area contributed by atoms with E-state index in [9.17, 15) is 14.4 Å². The third kappa shape index (κ3) is 5.46. The predicted molar refractivity (Wildman–Crippen MR) is 138 cm³/mol. The van der Waals surface area contributed by atoms with Gasteiger partial charge in [0.25, 0.3) is 5.91 Å². The Labute approximate surface area is 215 Å². The van der Waals surface area contributed by atoms with Crippen molar-refractivity contribution < 1.29 is 29.3 Å². The maximum atomic E-state index is 12.6. The number of hydrogen-bond donors (Lipinski definition) is 4. The van der Waals surface area contributed by atoms with E-state index >= 15 is 0 Å². The number of fused-ring (bicyclic) bond motifs is 3. The molecule has 9 heteroatoms. The lowest BCUT2D eigenvalue weighted by atomic mass is 9.98. The molecular formula is C26H23IN2O6. The van der Waals surface area contributed by atoms with Crippen molar-refractivity contribution in [3.05, 3.63) is 87.0 Å². The number of carbonyl (C=O) groups excluding carboxylic acids is 2. The second kappa shape index (κ2) is 10.9. The highest BCUT2D eigenvalue weighted by Gasteiger charge is 2.29. The first kappa shape index (κ1) is 24.7. The quantitative estimate of drug-likeness (QED) is 0.293. The zero-order chi connectivity index (χ0) is 24.9. The SMILES string of the molecule is O=C(Nc1ccc(C(=O)N[C@H](CCO)C(=O)O)cc1I)OCC1c2ccccc2-c2ccccc21. The van der Waals surface area contributed by atoms with Crippen LogP contribution in [0.5, 0.6) is 0 Å². The average molecular weight is 586 g/mol. The van der Waals surface area contributed by atoms with Gasteiger partial charge >= 0.3 is 12.1 Å². The van der Waals surface area contributed by atoms with Crippen molar-refractivity contribution in [2.24, 2.45) is 0 Å². The van der Waals surface area contributed by atoms with E-state index in [4.69, 9.17) is 14.9 Å². The Morgan fingerprint density at radius 3 is 2.17 bits per heavy atom. The van der Waals surface area contributed by atoms with Crippen LogP contribution in [0.3, 0.4) is 0 Å². The lowest BCUT2D eigenvalue weighted by Crippen LogP contribution is -2.41. The number of carbonyl (C=O) groups is 3. The molecule has 0 saturated heterocycles. The smallest absolute Gasteiger partial charge is 0.411 e. The van der Waals surface area contributed by atoms with Gasteiger partial charge < -0.3 is 20.3 Å². The summed E-state index contributed by atoms with van der Waals surface area (Å²) < 4.78 is 6.14. The summed E-state index contributed by atoms with van der Waals surface area (Å²) in [7, 11) is 0. The summed E-state index contributed by atoms with van der Waals surface area (Å²) in [5.74, 6) is -1.87. The number of ether oxygens (including phenoxy) is 1. The summed E-state index contributed by atoms with van der Waals surface area (Å²) in [6.45, 7) is -0.184. The van der Waals surface area contributed by atoms with Gasteiger partial charge in [0, 0.05) is 28.1 Å². The van der Waals surface area contributed by atoms with Crippen molar-refractivity contribution in [2.45, 2.75) is 18.4 Å². The third-order valence-corrected chi connectivity index (χ3v) is 6.73. The number of carboxylic acids is 1. The molecule has 0 radical (unpaired) electrons. The number of halogens is 1. The van der Waals surface area contributed by atoms with Crippen LogP contribution in [0.15, 0.2) is 66.7 Å². The molecule has 0 fully saturated rings. The molecule has 2 amide bonds. The number of benzene rings is 3. The van der Waals surface area contributed by atoms with E-state index in [1.807, 2.05) is 59.0 Å². The fraction of sp³-hybridized carbons (Fsp3) is 0.192. The van der Waals surface area contributed by atoms with Gasteiger partial charge in [-0.05, 0) is 63.0 Å². The number of anilines is 1. The number of rotatable bonds is 8. The Hall–Kier alpha value is -3.44. The number of nitrogens with one attached hydrogen (secondary N) is 2. The molecule has 0 aliphatic heterocycles. The summed E-state index contributed by atoms with van der Waals surface area (Å²) in [6, 6.07) is 19.5. The minimum absolute atomic E-state index is 0.0561. The minimum Gasteiger partial charge on any atom is -0.480 e. The Morgan fingerprint density at radius 1 is 0.971 bits per heavy atom. The van der Waals surface area contributed by atoms with Crippen LogP contribution in [0.1, 0.15) is 33.8 Å². The Bertz CT molecular complexity index is 1230. The predicted octanol–water partition coefficient (Wildman–Crippen LogP) is 4.22. The number of aliphatic hydroxyl groups is 1. The van der Waals surface area contributed by atoms with E-state index in [0.29, 0.717) is 9.26 Å². The molecule has 0 unspecified atom stereocenters. The lowest BCUT2D eigenvalue weighted by molar-refractivity contribution is -0.139. The number of amides is 2. The summed E-state index contributed by atoms with van der Waals surface area (Å²) in [5.41, 5.74) is 5.22. The van der Waals surface area contributed by atoms with Crippen LogP contribution < -0.4 is 10.6 Å². The molecule has 4 rings (SSSR count). The van der Waals surface area contributed by atoms with Crippen molar-refractivity contribution in [2.75, 3.05) is 18.5 Å². The molecule has 0 aromatic heterocycles. The van der Waals surface area contributed by atoms with Crippen LogP contribution in [-0.4, -0.2) is 47.4 Å². The first-order chi connectivity index (χ1) is 16.9. The topological polar surface area (TPSA) is 125 Å². The molecular weight excluding hydrogens is 563 g/mol. The van der Waals surface area contributed by atoms with Crippen LogP contribution in [0.2, 0.25) is 0 Å². The molecule has 0 heterocycles. The van der Waals surface area contributed by atoms with E-state index in [0.717, 1.165) is 22.3 Å². The average Bonchev–Trinajstić information content (AvgIpc) is 3.17. The van der Waals surface area contributed by atoms with Crippen LogP contribution >= 0.6 is 22.6 Å². The highest BCUT2D eigenvalue weighted by Crippen LogP contribution is 2.44.